The fourth-order valence-electron chi connectivity index (χ4n) is 8.20. The number of piperidine rings is 1. The van der Waals surface area contributed by atoms with Crippen molar-refractivity contribution in [2.45, 2.75) is 84.2 Å². The summed E-state index contributed by atoms with van der Waals surface area (Å²) in [6, 6.07) is 0. The molecular weight excluding hydrogens is 378 g/mol. The molecular formula is C25H37NO4. The van der Waals surface area contributed by atoms with Gasteiger partial charge in [-0.25, -0.2) is 0 Å². The molecule has 1 saturated heterocycles. The number of hydrogen-bond acceptors (Lipinski definition) is 5. The molecule has 5 heteroatoms. The average Bonchev–Trinajstić information content (AvgIpc) is 3.04. The number of nitrogens with one attached hydrogen (secondary N) is 1. The fraction of sp³-hybridized carbons (Fsp3) is 0.880. The lowest BCUT2D eigenvalue weighted by atomic mass is 9.45. The van der Waals surface area contributed by atoms with Crippen molar-refractivity contribution in [2.75, 3.05) is 13.1 Å². The number of Topliss-reactive ketones (excluding diaryl/α,β-unsaturated/α-hetero) is 2. The highest BCUT2D eigenvalue weighted by Gasteiger charge is 2.62. The Kier molecular flexibility index (Phi) is 5.11. The summed E-state index contributed by atoms with van der Waals surface area (Å²) < 4.78 is 5.93. The van der Waals surface area contributed by atoms with E-state index in [4.69, 9.17) is 4.74 Å². The number of ether oxygens (including phenoxy) is 1. The Morgan fingerprint density at radius 2 is 1.90 bits per heavy atom. The molecule has 5 aliphatic rings. The first kappa shape index (κ1) is 20.7. The van der Waals surface area contributed by atoms with E-state index in [1.165, 1.54) is 0 Å². The molecule has 4 saturated carbocycles. The molecule has 5 fully saturated rings. The Bertz CT molecular complexity index is 743. The van der Waals surface area contributed by atoms with Gasteiger partial charge in [-0.1, -0.05) is 13.8 Å². The SMILES string of the molecule is C[C@]12CCC(OC(=O)C3CCCNC3)CC1C(=O)C[C@@H]1[C@H]2CC[C@]2(C)C(=O)CC[C@@H]12. The van der Waals surface area contributed by atoms with Crippen LogP contribution in [0.1, 0.15) is 78.1 Å². The normalized spacial score (nSPS) is 48.5. The summed E-state index contributed by atoms with van der Waals surface area (Å²) in [6.07, 6.45) is 8.71. The summed E-state index contributed by atoms with van der Waals surface area (Å²) in [4.78, 5) is 38.6. The second-order valence-electron chi connectivity index (χ2n) is 11.4. The van der Waals surface area contributed by atoms with Gasteiger partial charge in [-0.15, -0.1) is 0 Å². The Morgan fingerprint density at radius 3 is 2.67 bits per heavy atom. The first-order valence-electron chi connectivity index (χ1n) is 12.3. The largest absolute Gasteiger partial charge is 0.462 e. The molecule has 5 rings (SSSR count). The molecule has 4 aliphatic carbocycles. The molecule has 1 N–H and O–H groups in total. The Morgan fingerprint density at radius 1 is 1.07 bits per heavy atom. The quantitative estimate of drug-likeness (QED) is 0.697. The zero-order valence-corrected chi connectivity index (χ0v) is 18.6. The molecule has 5 nitrogen and oxygen atoms in total. The van der Waals surface area contributed by atoms with Crippen molar-refractivity contribution < 1.29 is 19.1 Å². The average molecular weight is 416 g/mol. The number of rotatable bonds is 2. The van der Waals surface area contributed by atoms with E-state index in [9.17, 15) is 14.4 Å². The lowest BCUT2D eigenvalue weighted by molar-refractivity contribution is -0.172. The molecule has 0 aromatic rings. The molecule has 0 aromatic carbocycles. The van der Waals surface area contributed by atoms with Crippen molar-refractivity contribution >= 4 is 17.5 Å². The predicted molar refractivity (Wildman–Crippen MR) is 113 cm³/mol. The monoisotopic (exact) mass is 415 g/mol. The number of ketones is 2. The van der Waals surface area contributed by atoms with Gasteiger partial charge < -0.3 is 10.1 Å². The van der Waals surface area contributed by atoms with Gasteiger partial charge in [0.25, 0.3) is 0 Å². The third kappa shape index (κ3) is 3.10. The van der Waals surface area contributed by atoms with Crippen LogP contribution in [0.25, 0.3) is 0 Å². The highest BCUT2D eigenvalue weighted by atomic mass is 16.5. The molecule has 0 spiro atoms. The molecule has 1 heterocycles. The van der Waals surface area contributed by atoms with Crippen molar-refractivity contribution in [2.24, 2.45) is 40.4 Å². The van der Waals surface area contributed by atoms with Crippen molar-refractivity contribution in [3.63, 3.8) is 0 Å². The van der Waals surface area contributed by atoms with Crippen LogP contribution in [0.5, 0.6) is 0 Å². The molecule has 8 atom stereocenters. The smallest absolute Gasteiger partial charge is 0.310 e. The summed E-state index contributed by atoms with van der Waals surface area (Å²) >= 11 is 0. The van der Waals surface area contributed by atoms with Gasteiger partial charge in [-0.3, -0.25) is 14.4 Å². The van der Waals surface area contributed by atoms with Crippen LogP contribution in [0.2, 0.25) is 0 Å². The second-order valence-corrected chi connectivity index (χ2v) is 11.4. The maximum Gasteiger partial charge on any atom is 0.310 e. The summed E-state index contributed by atoms with van der Waals surface area (Å²) in [5.41, 5.74) is -0.187. The summed E-state index contributed by atoms with van der Waals surface area (Å²) in [5.74, 6) is 1.99. The lowest BCUT2D eigenvalue weighted by Gasteiger charge is -2.59. The number of carbonyl (C=O) groups excluding carboxylic acids is 3. The van der Waals surface area contributed by atoms with E-state index in [1.54, 1.807) is 0 Å². The Hall–Kier alpha value is -1.23. The minimum Gasteiger partial charge on any atom is -0.462 e. The Balaban J connectivity index is 1.30. The van der Waals surface area contributed by atoms with Crippen molar-refractivity contribution in [3.05, 3.63) is 0 Å². The van der Waals surface area contributed by atoms with Gasteiger partial charge in [0, 0.05) is 30.7 Å². The number of hydrogen-bond donors (Lipinski definition) is 1. The molecule has 0 radical (unpaired) electrons. The first-order valence-corrected chi connectivity index (χ1v) is 12.3. The highest BCUT2D eigenvalue weighted by Crippen LogP contribution is 2.64. The van der Waals surface area contributed by atoms with Crippen LogP contribution in [0.4, 0.5) is 0 Å². The van der Waals surface area contributed by atoms with Gasteiger partial charge in [-0.2, -0.15) is 0 Å². The first-order chi connectivity index (χ1) is 14.3. The van der Waals surface area contributed by atoms with Crippen LogP contribution in [0.15, 0.2) is 0 Å². The van der Waals surface area contributed by atoms with Crippen molar-refractivity contribution in [1.82, 2.24) is 5.32 Å². The fourth-order valence-corrected chi connectivity index (χ4v) is 8.20. The van der Waals surface area contributed by atoms with E-state index in [-0.39, 0.29) is 34.7 Å². The minimum atomic E-state index is -0.189. The molecule has 0 amide bonds. The lowest BCUT2D eigenvalue weighted by Crippen LogP contribution is -2.57. The van der Waals surface area contributed by atoms with Gasteiger partial charge in [-0.05, 0) is 81.1 Å². The highest BCUT2D eigenvalue weighted by molar-refractivity contribution is 5.88. The standard InChI is InChI=1S/C25H37NO4/c1-24-9-7-16(30-23(29)15-4-3-11-26-14-15)12-20(24)21(27)13-17-18-5-6-22(28)25(18,2)10-8-19(17)24/h15-20,26H,3-14H2,1-2H3/t15?,16?,17-,18-,19+,20?,24+,25-/m0/s1. The zero-order valence-electron chi connectivity index (χ0n) is 18.6. The summed E-state index contributed by atoms with van der Waals surface area (Å²) in [5, 5.41) is 3.29. The maximum atomic E-state index is 13.4. The predicted octanol–water partition coefficient (Wildman–Crippen LogP) is 3.69. The summed E-state index contributed by atoms with van der Waals surface area (Å²) in [7, 11) is 0. The third-order valence-electron chi connectivity index (χ3n) is 10.0. The van der Waals surface area contributed by atoms with E-state index >= 15 is 0 Å². The third-order valence-corrected chi connectivity index (χ3v) is 10.0. The Labute approximate surface area is 180 Å². The van der Waals surface area contributed by atoms with Gasteiger partial charge >= 0.3 is 5.97 Å². The zero-order chi connectivity index (χ0) is 21.1. The van der Waals surface area contributed by atoms with Crippen LogP contribution in [0, 0.1) is 40.4 Å². The van der Waals surface area contributed by atoms with Crippen LogP contribution >= 0.6 is 0 Å². The van der Waals surface area contributed by atoms with Crippen LogP contribution in [0.3, 0.4) is 0 Å². The van der Waals surface area contributed by atoms with Crippen molar-refractivity contribution in [1.29, 1.82) is 0 Å². The van der Waals surface area contributed by atoms with E-state index < -0.39 is 0 Å². The molecule has 166 valence electrons. The van der Waals surface area contributed by atoms with Gasteiger partial charge in [0.2, 0.25) is 0 Å². The van der Waals surface area contributed by atoms with E-state index in [1.807, 2.05) is 0 Å². The van der Waals surface area contributed by atoms with Crippen molar-refractivity contribution in [3.8, 4) is 0 Å². The number of fused-ring (bicyclic) bond motifs is 5. The second kappa shape index (κ2) is 7.43. The maximum absolute atomic E-state index is 13.4. The molecule has 1 aliphatic heterocycles. The van der Waals surface area contributed by atoms with E-state index in [2.05, 4.69) is 19.2 Å². The van der Waals surface area contributed by atoms with Gasteiger partial charge in [0.05, 0.1) is 5.92 Å². The van der Waals surface area contributed by atoms with E-state index in [0.29, 0.717) is 55.1 Å². The van der Waals surface area contributed by atoms with Gasteiger partial charge in [0.15, 0.2) is 0 Å². The summed E-state index contributed by atoms with van der Waals surface area (Å²) in [6.45, 7) is 6.19. The molecule has 0 aromatic heterocycles. The number of esters is 1. The number of carbonyl (C=O) groups is 3. The van der Waals surface area contributed by atoms with E-state index in [0.717, 1.165) is 51.5 Å². The van der Waals surface area contributed by atoms with Gasteiger partial charge in [0.1, 0.15) is 17.7 Å². The van der Waals surface area contributed by atoms with Crippen LogP contribution in [-0.2, 0) is 19.1 Å². The topological polar surface area (TPSA) is 72.5 Å². The molecule has 30 heavy (non-hydrogen) atoms. The minimum absolute atomic E-state index is 0.00225. The van der Waals surface area contributed by atoms with Crippen LogP contribution in [-0.4, -0.2) is 36.7 Å². The van der Waals surface area contributed by atoms with Crippen LogP contribution < -0.4 is 5.32 Å². The molecule has 3 unspecified atom stereocenters. The molecule has 0 bridgehead atoms.